The maximum Gasteiger partial charge on any atom is 0.123 e. The second-order valence-electron chi connectivity index (χ2n) is 3.76. The molecule has 0 fully saturated rings. The van der Waals surface area contributed by atoms with E-state index in [1.54, 1.807) is 7.11 Å². The van der Waals surface area contributed by atoms with Gasteiger partial charge < -0.3 is 10.5 Å². The van der Waals surface area contributed by atoms with Crippen molar-refractivity contribution in [3.8, 4) is 5.75 Å². The van der Waals surface area contributed by atoms with Gasteiger partial charge in [0.15, 0.2) is 0 Å². The summed E-state index contributed by atoms with van der Waals surface area (Å²) >= 11 is 1.98. The number of hydrogen-bond acceptors (Lipinski definition) is 3. The Balaban J connectivity index is 2.54. The molecule has 90 valence electrons. The van der Waals surface area contributed by atoms with Crippen molar-refractivity contribution in [2.24, 2.45) is 5.73 Å². The third-order valence-electron chi connectivity index (χ3n) is 2.48. The highest BCUT2D eigenvalue weighted by atomic mass is 32.2. The zero-order chi connectivity index (χ0) is 11.8. The maximum atomic E-state index is 5.63. The minimum atomic E-state index is 0.534. The number of nitrogens with two attached hydrogens (primary N) is 1. The van der Waals surface area contributed by atoms with Crippen molar-refractivity contribution in [1.29, 1.82) is 0 Å². The van der Waals surface area contributed by atoms with Gasteiger partial charge in [0.05, 0.1) is 7.11 Å². The summed E-state index contributed by atoms with van der Waals surface area (Å²) in [5.74, 6) is 3.20. The molecule has 1 aromatic rings. The van der Waals surface area contributed by atoms with E-state index in [-0.39, 0.29) is 0 Å². The molecule has 0 saturated carbocycles. The lowest BCUT2D eigenvalue weighted by Crippen LogP contribution is -2.00. The molecule has 1 rings (SSSR count). The van der Waals surface area contributed by atoms with Gasteiger partial charge in [-0.2, -0.15) is 11.8 Å². The fourth-order valence-corrected chi connectivity index (χ4v) is 2.54. The van der Waals surface area contributed by atoms with Crippen molar-refractivity contribution >= 4 is 11.8 Å². The van der Waals surface area contributed by atoms with Gasteiger partial charge >= 0.3 is 0 Å². The third kappa shape index (κ3) is 4.06. The first-order chi connectivity index (χ1) is 7.81. The summed E-state index contributed by atoms with van der Waals surface area (Å²) in [6.07, 6.45) is 2.56. The molecule has 0 heterocycles. The van der Waals surface area contributed by atoms with Gasteiger partial charge in [0.2, 0.25) is 0 Å². The topological polar surface area (TPSA) is 35.2 Å². The van der Waals surface area contributed by atoms with Crippen molar-refractivity contribution in [1.82, 2.24) is 0 Å². The molecule has 0 spiro atoms. The normalized spacial score (nSPS) is 10.4. The number of ether oxygens (including phenoxy) is 1. The van der Waals surface area contributed by atoms with Crippen molar-refractivity contribution in [3.63, 3.8) is 0 Å². The molecule has 2 N–H and O–H groups in total. The Bertz CT molecular complexity index is 315. The molecule has 0 atom stereocenters. The maximum absolute atomic E-state index is 5.63. The first kappa shape index (κ1) is 13.4. The summed E-state index contributed by atoms with van der Waals surface area (Å²) < 4.78 is 5.32. The van der Waals surface area contributed by atoms with Crippen LogP contribution in [0.4, 0.5) is 0 Å². The number of hydrogen-bond donors (Lipinski definition) is 1. The standard InChI is InChI=1S/C13H21NOS/c1-3-4-7-16-10-11-5-6-12(9-14)13(8-11)15-2/h5-6,8H,3-4,7,9-10,14H2,1-2H3. The Morgan fingerprint density at radius 3 is 2.81 bits per heavy atom. The van der Waals surface area contributed by atoms with Gasteiger partial charge in [-0.1, -0.05) is 25.5 Å². The van der Waals surface area contributed by atoms with Crippen molar-refractivity contribution in [3.05, 3.63) is 29.3 Å². The van der Waals surface area contributed by atoms with Crippen LogP contribution in [0, 0.1) is 0 Å². The van der Waals surface area contributed by atoms with Crippen LogP contribution in [0.15, 0.2) is 18.2 Å². The Labute approximate surface area is 103 Å². The predicted molar refractivity (Wildman–Crippen MR) is 72.0 cm³/mol. The summed E-state index contributed by atoms with van der Waals surface area (Å²) in [4.78, 5) is 0. The minimum absolute atomic E-state index is 0.534. The van der Waals surface area contributed by atoms with Crippen LogP contribution >= 0.6 is 11.8 Å². The number of unbranched alkanes of at least 4 members (excludes halogenated alkanes) is 1. The molecule has 0 saturated heterocycles. The van der Waals surface area contributed by atoms with Gasteiger partial charge in [0, 0.05) is 17.9 Å². The summed E-state index contributed by atoms with van der Waals surface area (Å²) in [5.41, 5.74) is 8.02. The first-order valence-corrected chi connectivity index (χ1v) is 6.90. The van der Waals surface area contributed by atoms with Crippen LogP contribution in [0.1, 0.15) is 30.9 Å². The second kappa shape index (κ2) is 7.58. The smallest absolute Gasteiger partial charge is 0.123 e. The summed E-state index contributed by atoms with van der Waals surface area (Å²) in [7, 11) is 1.70. The number of methoxy groups -OCH3 is 1. The fraction of sp³-hybridized carbons (Fsp3) is 0.538. The number of rotatable bonds is 7. The van der Waals surface area contributed by atoms with Crippen LogP contribution in [0.3, 0.4) is 0 Å². The molecule has 0 unspecified atom stereocenters. The lowest BCUT2D eigenvalue weighted by Gasteiger charge is -2.09. The first-order valence-electron chi connectivity index (χ1n) is 5.75. The summed E-state index contributed by atoms with van der Waals surface area (Å²) in [5, 5.41) is 0. The highest BCUT2D eigenvalue weighted by molar-refractivity contribution is 7.98. The van der Waals surface area contributed by atoms with Gasteiger partial charge in [-0.15, -0.1) is 0 Å². The molecule has 0 aliphatic heterocycles. The molecule has 3 heteroatoms. The molecule has 0 bridgehead atoms. The van der Waals surface area contributed by atoms with Crippen molar-refractivity contribution in [2.45, 2.75) is 32.1 Å². The zero-order valence-electron chi connectivity index (χ0n) is 10.2. The quantitative estimate of drug-likeness (QED) is 0.742. The van der Waals surface area contributed by atoms with Crippen molar-refractivity contribution < 1.29 is 4.74 Å². The van der Waals surface area contributed by atoms with E-state index in [1.807, 2.05) is 11.8 Å². The number of thioether (sulfide) groups is 1. The second-order valence-corrected chi connectivity index (χ2v) is 4.86. The molecule has 2 nitrogen and oxygen atoms in total. The predicted octanol–water partition coefficient (Wildman–Crippen LogP) is 3.19. The van der Waals surface area contributed by atoms with Gasteiger partial charge in [0.25, 0.3) is 0 Å². The average Bonchev–Trinajstić information content (AvgIpc) is 2.34. The minimum Gasteiger partial charge on any atom is -0.496 e. The lowest BCUT2D eigenvalue weighted by atomic mass is 10.1. The van der Waals surface area contributed by atoms with E-state index in [0.29, 0.717) is 6.54 Å². The largest absolute Gasteiger partial charge is 0.496 e. The Morgan fingerprint density at radius 2 is 2.19 bits per heavy atom. The molecule has 0 aliphatic carbocycles. The van der Waals surface area contributed by atoms with Crippen LogP contribution < -0.4 is 10.5 Å². The molecule has 1 aromatic carbocycles. The molecule has 16 heavy (non-hydrogen) atoms. The van der Waals surface area contributed by atoms with E-state index in [9.17, 15) is 0 Å². The van der Waals surface area contributed by atoms with Gasteiger partial charge in [-0.25, -0.2) is 0 Å². The Kier molecular flexibility index (Phi) is 6.34. The van der Waals surface area contributed by atoms with E-state index >= 15 is 0 Å². The van der Waals surface area contributed by atoms with E-state index in [2.05, 4.69) is 25.1 Å². The van der Waals surface area contributed by atoms with Crippen LogP contribution in [0.25, 0.3) is 0 Å². The lowest BCUT2D eigenvalue weighted by molar-refractivity contribution is 0.409. The van der Waals surface area contributed by atoms with Crippen molar-refractivity contribution in [2.75, 3.05) is 12.9 Å². The summed E-state index contributed by atoms with van der Waals surface area (Å²) in [6, 6.07) is 6.30. The van der Waals surface area contributed by atoms with E-state index < -0.39 is 0 Å². The summed E-state index contributed by atoms with van der Waals surface area (Å²) in [6.45, 7) is 2.76. The molecule has 0 amide bonds. The SMILES string of the molecule is CCCCSCc1ccc(CN)c(OC)c1. The highest BCUT2D eigenvalue weighted by Gasteiger charge is 2.02. The van der Waals surface area contributed by atoms with Gasteiger partial charge in [0.1, 0.15) is 5.75 Å². The monoisotopic (exact) mass is 239 g/mol. The molecular formula is C13H21NOS. The molecule has 0 aliphatic rings. The van der Waals surface area contributed by atoms with Gasteiger partial charge in [-0.05, 0) is 23.8 Å². The molecular weight excluding hydrogens is 218 g/mol. The number of benzene rings is 1. The Morgan fingerprint density at radius 1 is 1.38 bits per heavy atom. The van der Waals surface area contributed by atoms with Crippen LogP contribution in [0.2, 0.25) is 0 Å². The van der Waals surface area contributed by atoms with Crippen LogP contribution in [-0.4, -0.2) is 12.9 Å². The van der Waals surface area contributed by atoms with Crippen LogP contribution in [-0.2, 0) is 12.3 Å². The van der Waals surface area contributed by atoms with Crippen LogP contribution in [0.5, 0.6) is 5.75 Å². The van der Waals surface area contributed by atoms with Gasteiger partial charge in [-0.3, -0.25) is 0 Å². The third-order valence-corrected chi connectivity index (χ3v) is 3.60. The average molecular weight is 239 g/mol. The molecule has 0 aromatic heterocycles. The van der Waals surface area contributed by atoms with E-state index in [4.69, 9.17) is 10.5 Å². The zero-order valence-corrected chi connectivity index (χ0v) is 11.0. The highest BCUT2D eigenvalue weighted by Crippen LogP contribution is 2.22. The fourth-order valence-electron chi connectivity index (χ4n) is 1.48. The Hall–Kier alpha value is -0.670. The van der Waals surface area contributed by atoms with E-state index in [0.717, 1.165) is 17.1 Å². The van der Waals surface area contributed by atoms with E-state index in [1.165, 1.54) is 24.2 Å². The molecule has 0 radical (unpaired) electrons.